The minimum absolute atomic E-state index is 0.0287. The standard InChI is InChI=1S/C11H16N2O3S/c1-7(6-17-3)5-13-10(15)9(8(2)14)4-12-11(13)16/h4,7H,5-6H2,1-3H3,(H,12,16). The van der Waals surface area contributed by atoms with Crippen LogP contribution in [0.25, 0.3) is 0 Å². The quantitative estimate of drug-likeness (QED) is 0.789. The van der Waals surface area contributed by atoms with Gasteiger partial charge in [0.1, 0.15) is 0 Å². The van der Waals surface area contributed by atoms with Crippen LogP contribution in [0.4, 0.5) is 0 Å². The Morgan fingerprint density at radius 2 is 2.18 bits per heavy atom. The van der Waals surface area contributed by atoms with Gasteiger partial charge in [-0.15, -0.1) is 0 Å². The van der Waals surface area contributed by atoms with E-state index < -0.39 is 11.2 Å². The highest BCUT2D eigenvalue weighted by molar-refractivity contribution is 7.98. The van der Waals surface area contributed by atoms with E-state index in [0.29, 0.717) is 6.54 Å². The van der Waals surface area contributed by atoms with Crippen LogP contribution in [-0.2, 0) is 6.54 Å². The van der Waals surface area contributed by atoms with Crippen molar-refractivity contribution in [3.05, 3.63) is 32.6 Å². The van der Waals surface area contributed by atoms with Gasteiger partial charge < -0.3 is 4.98 Å². The second-order valence-corrected chi connectivity index (χ2v) is 4.95. The Labute approximate surface area is 103 Å². The van der Waals surface area contributed by atoms with E-state index in [4.69, 9.17) is 0 Å². The van der Waals surface area contributed by atoms with Crippen LogP contribution in [0.15, 0.2) is 15.8 Å². The average Bonchev–Trinajstić information content (AvgIpc) is 2.24. The van der Waals surface area contributed by atoms with Crippen LogP contribution in [0.5, 0.6) is 0 Å². The number of ketones is 1. The Morgan fingerprint density at radius 1 is 1.53 bits per heavy atom. The minimum Gasteiger partial charge on any atom is -0.313 e. The number of carbonyl (C=O) groups is 1. The van der Waals surface area contributed by atoms with Crippen molar-refractivity contribution in [2.75, 3.05) is 12.0 Å². The van der Waals surface area contributed by atoms with Crippen molar-refractivity contribution in [3.63, 3.8) is 0 Å². The zero-order chi connectivity index (χ0) is 13.0. The van der Waals surface area contributed by atoms with Crippen molar-refractivity contribution in [3.8, 4) is 0 Å². The van der Waals surface area contributed by atoms with Crippen molar-refractivity contribution < 1.29 is 4.79 Å². The maximum atomic E-state index is 11.9. The lowest BCUT2D eigenvalue weighted by atomic mass is 10.2. The number of aromatic nitrogens is 2. The van der Waals surface area contributed by atoms with Gasteiger partial charge in [0.25, 0.3) is 5.56 Å². The molecule has 1 N–H and O–H groups in total. The smallest absolute Gasteiger partial charge is 0.313 e. The van der Waals surface area contributed by atoms with E-state index in [1.165, 1.54) is 13.1 Å². The van der Waals surface area contributed by atoms with Crippen LogP contribution in [0.2, 0.25) is 0 Å². The third-order valence-corrected chi connectivity index (χ3v) is 3.29. The molecular weight excluding hydrogens is 240 g/mol. The van der Waals surface area contributed by atoms with E-state index in [1.54, 1.807) is 11.8 Å². The number of nitrogens with zero attached hydrogens (tertiary/aromatic N) is 1. The molecule has 1 aromatic rings. The first-order chi connectivity index (χ1) is 7.97. The molecule has 0 aliphatic heterocycles. The Morgan fingerprint density at radius 3 is 2.71 bits per heavy atom. The second-order valence-electron chi connectivity index (χ2n) is 4.04. The number of hydrogen-bond donors (Lipinski definition) is 1. The molecule has 0 aromatic carbocycles. The van der Waals surface area contributed by atoms with Gasteiger partial charge in [0.05, 0.1) is 5.56 Å². The number of hydrogen-bond acceptors (Lipinski definition) is 4. The fourth-order valence-electron chi connectivity index (χ4n) is 1.58. The molecule has 0 aliphatic rings. The molecule has 1 rings (SSSR count). The highest BCUT2D eigenvalue weighted by Crippen LogP contribution is 2.05. The van der Waals surface area contributed by atoms with Gasteiger partial charge in [0.2, 0.25) is 0 Å². The number of aromatic amines is 1. The third-order valence-electron chi connectivity index (χ3n) is 2.39. The Kier molecular flexibility index (Phi) is 4.74. The largest absolute Gasteiger partial charge is 0.328 e. The molecule has 0 bridgehead atoms. The number of carbonyl (C=O) groups excluding carboxylic acids is 1. The summed E-state index contributed by atoms with van der Waals surface area (Å²) in [7, 11) is 0. The highest BCUT2D eigenvalue weighted by Gasteiger charge is 2.12. The molecule has 1 atom stereocenters. The zero-order valence-corrected chi connectivity index (χ0v) is 11.0. The van der Waals surface area contributed by atoms with Crippen molar-refractivity contribution in [2.24, 2.45) is 5.92 Å². The van der Waals surface area contributed by atoms with Crippen LogP contribution in [0.1, 0.15) is 24.2 Å². The number of nitrogens with one attached hydrogen (secondary N) is 1. The molecule has 0 fully saturated rings. The Balaban J connectivity index is 3.15. The number of thioether (sulfide) groups is 1. The third kappa shape index (κ3) is 3.33. The van der Waals surface area contributed by atoms with Crippen LogP contribution >= 0.6 is 11.8 Å². The first-order valence-corrected chi connectivity index (χ1v) is 6.69. The molecule has 0 aliphatic carbocycles. The Hall–Kier alpha value is -1.30. The zero-order valence-electron chi connectivity index (χ0n) is 10.1. The molecule has 5 nitrogen and oxygen atoms in total. The maximum Gasteiger partial charge on any atom is 0.328 e. The summed E-state index contributed by atoms with van der Waals surface area (Å²) in [4.78, 5) is 37.0. The van der Waals surface area contributed by atoms with Crippen molar-refractivity contribution in [1.82, 2.24) is 9.55 Å². The van der Waals surface area contributed by atoms with Crippen molar-refractivity contribution in [2.45, 2.75) is 20.4 Å². The summed E-state index contributed by atoms with van der Waals surface area (Å²) in [5, 5.41) is 0. The van der Waals surface area contributed by atoms with E-state index >= 15 is 0 Å². The van der Waals surface area contributed by atoms with Gasteiger partial charge in [0, 0.05) is 12.7 Å². The topological polar surface area (TPSA) is 71.9 Å². The lowest BCUT2D eigenvalue weighted by Gasteiger charge is -2.11. The predicted octanol–water partition coefficient (Wildman–Crippen LogP) is 0.738. The average molecular weight is 256 g/mol. The van der Waals surface area contributed by atoms with Crippen molar-refractivity contribution in [1.29, 1.82) is 0 Å². The molecule has 94 valence electrons. The fraction of sp³-hybridized carbons (Fsp3) is 0.545. The fourth-order valence-corrected chi connectivity index (χ4v) is 2.25. The van der Waals surface area contributed by atoms with Gasteiger partial charge in [-0.2, -0.15) is 11.8 Å². The molecule has 1 aromatic heterocycles. The highest BCUT2D eigenvalue weighted by atomic mass is 32.2. The SMILES string of the molecule is CSCC(C)Cn1c(=O)[nH]cc(C(C)=O)c1=O. The van der Waals surface area contributed by atoms with Crippen LogP contribution in [-0.4, -0.2) is 27.3 Å². The van der Waals surface area contributed by atoms with Gasteiger partial charge in [-0.3, -0.25) is 14.2 Å². The van der Waals surface area contributed by atoms with Crippen LogP contribution < -0.4 is 11.2 Å². The van der Waals surface area contributed by atoms with E-state index in [9.17, 15) is 14.4 Å². The lowest BCUT2D eigenvalue weighted by molar-refractivity contribution is 0.101. The summed E-state index contributed by atoms with van der Waals surface area (Å²) in [6.45, 7) is 3.60. The number of Topliss-reactive ketones (excluding diaryl/α,β-unsaturated/α-hetero) is 1. The van der Waals surface area contributed by atoms with Crippen LogP contribution in [0.3, 0.4) is 0 Å². The summed E-state index contributed by atoms with van der Waals surface area (Å²) >= 11 is 1.66. The molecule has 0 radical (unpaired) electrons. The van der Waals surface area contributed by atoms with E-state index in [0.717, 1.165) is 10.3 Å². The van der Waals surface area contributed by atoms with Gasteiger partial charge in [-0.1, -0.05) is 6.92 Å². The molecule has 0 saturated carbocycles. The van der Waals surface area contributed by atoms with E-state index in [-0.39, 0.29) is 17.3 Å². The Bertz CT molecular complexity index is 518. The lowest BCUT2D eigenvalue weighted by Crippen LogP contribution is -2.39. The summed E-state index contributed by atoms with van der Waals surface area (Å²) in [5.41, 5.74) is -0.942. The molecule has 1 unspecified atom stereocenters. The normalized spacial score (nSPS) is 12.4. The molecule has 17 heavy (non-hydrogen) atoms. The minimum atomic E-state index is -0.505. The number of rotatable bonds is 5. The van der Waals surface area contributed by atoms with Crippen molar-refractivity contribution >= 4 is 17.5 Å². The molecular formula is C11H16N2O3S. The molecule has 1 heterocycles. The van der Waals surface area contributed by atoms with Crippen LogP contribution in [0, 0.1) is 5.92 Å². The van der Waals surface area contributed by atoms with Gasteiger partial charge in [-0.25, -0.2) is 4.79 Å². The van der Waals surface area contributed by atoms with Gasteiger partial charge in [-0.05, 0) is 24.9 Å². The summed E-state index contributed by atoms with van der Waals surface area (Å²) in [6, 6.07) is 0. The monoisotopic (exact) mass is 256 g/mol. The molecule has 6 heteroatoms. The van der Waals surface area contributed by atoms with Gasteiger partial charge >= 0.3 is 5.69 Å². The summed E-state index contributed by atoms with van der Waals surface area (Å²) in [6.07, 6.45) is 3.15. The summed E-state index contributed by atoms with van der Waals surface area (Å²) < 4.78 is 1.09. The second kappa shape index (κ2) is 5.86. The molecule has 0 spiro atoms. The summed E-state index contributed by atoms with van der Waals surface area (Å²) in [5.74, 6) is 0.722. The maximum absolute atomic E-state index is 11.9. The number of H-pyrrole nitrogens is 1. The van der Waals surface area contributed by atoms with Gasteiger partial charge in [0.15, 0.2) is 5.78 Å². The molecule has 0 amide bonds. The first kappa shape index (κ1) is 13.8. The predicted molar refractivity (Wildman–Crippen MR) is 68.9 cm³/mol. The molecule has 0 saturated heterocycles. The first-order valence-electron chi connectivity index (χ1n) is 5.29. The van der Waals surface area contributed by atoms with E-state index in [1.807, 2.05) is 13.2 Å². The van der Waals surface area contributed by atoms with E-state index in [2.05, 4.69) is 4.98 Å².